The van der Waals surface area contributed by atoms with E-state index in [0.717, 1.165) is 5.56 Å². The first kappa shape index (κ1) is 22.3. The Hall–Kier alpha value is -2.43. The summed E-state index contributed by atoms with van der Waals surface area (Å²) in [6.45, 7) is 1.70. The average Bonchev–Trinajstić information content (AvgIpc) is 3.16. The molecule has 2 atom stereocenters. The molecule has 0 fully saturated rings. The van der Waals surface area contributed by atoms with Crippen molar-refractivity contribution in [3.05, 3.63) is 70.5 Å². The Morgan fingerprint density at radius 1 is 1.33 bits per heavy atom. The van der Waals surface area contributed by atoms with Crippen LogP contribution in [-0.2, 0) is 16.1 Å². The van der Waals surface area contributed by atoms with Crippen LogP contribution in [-0.4, -0.2) is 54.2 Å². The maximum absolute atomic E-state index is 14.1. The molecule has 1 aliphatic rings. The lowest BCUT2D eigenvalue weighted by molar-refractivity contribution is 0.00418. The molecule has 0 aliphatic carbocycles. The van der Waals surface area contributed by atoms with Crippen LogP contribution >= 0.6 is 11.6 Å². The summed E-state index contributed by atoms with van der Waals surface area (Å²) < 4.78 is 19.3. The van der Waals surface area contributed by atoms with Gasteiger partial charge in [-0.1, -0.05) is 53.0 Å². The van der Waals surface area contributed by atoms with E-state index >= 15 is 0 Å². The summed E-state index contributed by atoms with van der Waals surface area (Å²) in [4.78, 5) is 7.60. The molecule has 1 N–H and O–H groups in total. The number of halogens is 2. The normalized spacial score (nSPS) is 16.8. The number of terminal acetylenes is 1. The fourth-order valence-electron chi connectivity index (χ4n) is 3.37. The second-order valence-electron chi connectivity index (χ2n) is 7.15. The van der Waals surface area contributed by atoms with Crippen molar-refractivity contribution in [1.82, 2.24) is 4.90 Å². The van der Waals surface area contributed by atoms with Crippen LogP contribution in [0.3, 0.4) is 0 Å². The van der Waals surface area contributed by atoms with Gasteiger partial charge in [0, 0.05) is 36.6 Å². The van der Waals surface area contributed by atoms with Gasteiger partial charge in [-0.25, -0.2) is 4.39 Å². The van der Waals surface area contributed by atoms with Crippen molar-refractivity contribution in [2.24, 2.45) is 5.16 Å². The van der Waals surface area contributed by atoms with Crippen LogP contribution in [0.1, 0.15) is 17.5 Å². The first-order chi connectivity index (χ1) is 14.5. The summed E-state index contributed by atoms with van der Waals surface area (Å²) in [5.41, 5.74) is 2.04. The summed E-state index contributed by atoms with van der Waals surface area (Å²) in [6, 6.07) is 14.1. The molecule has 0 radical (unpaired) electrons. The second kappa shape index (κ2) is 11.1. The van der Waals surface area contributed by atoms with E-state index in [1.54, 1.807) is 18.2 Å². The van der Waals surface area contributed by atoms with Crippen molar-refractivity contribution in [2.45, 2.75) is 25.2 Å². The van der Waals surface area contributed by atoms with E-state index < -0.39 is 6.10 Å². The van der Waals surface area contributed by atoms with Crippen LogP contribution < -0.4 is 0 Å². The highest BCUT2D eigenvalue weighted by atomic mass is 35.5. The standard InChI is InChI=1S/C23H24ClFN2O3/c1-2-10-29-16-19(28)14-27(13-17-6-5-7-18(24)11-17)15-20-12-23(26-30-20)21-8-3-4-9-22(21)25/h1,3-9,11,19-20,28H,10,12-16H2. The van der Waals surface area contributed by atoms with Gasteiger partial charge in [-0.15, -0.1) is 6.42 Å². The zero-order valence-corrected chi connectivity index (χ0v) is 17.3. The third-order valence-electron chi connectivity index (χ3n) is 4.64. The molecule has 0 bridgehead atoms. The highest BCUT2D eigenvalue weighted by molar-refractivity contribution is 6.30. The van der Waals surface area contributed by atoms with Crippen LogP contribution in [0.5, 0.6) is 0 Å². The first-order valence-electron chi connectivity index (χ1n) is 9.69. The number of aliphatic hydroxyl groups is 1. The van der Waals surface area contributed by atoms with E-state index in [1.165, 1.54) is 6.07 Å². The van der Waals surface area contributed by atoms with Gasteiger partial charge in [-0.2, -0.15) is 0 Å². The number of ether oxygens (including phenoxy) is 1. The van der Waals surface area contributed by atoms with E-state index in [9.17, 15) is 9.50 Å². The van der Waals surface area contributed by atoms with Crippen molar-refractivity contribution in [3.8, 4) is 12.3 Å². The molecule has 0 saturated carbocycles. The highest BCUT2D eigenvalue weighted by Crippen LogP contribution is 2.21. The van der Waals surface area contributed by atoms with E-state index in [1.807, 2.05) is 29.2 Å². The number of oxime groups is 1. The Morgan fingerprint density at radius 2 is 2.17 bits per heavy atom. The lowest BCUT2D eigenvalue weighted by atomic mass is 10.0. The molecule has 1 heterocycles. The van der Waals surface area contributed by atoms with Gasteiger partial charge in [0.1, 0.15) is 18.5 Å². The topological polar surface area (TPSA) is 54.3 Å². The molecule has 3 rings (SSSR count). The van der Waals surface area contributed by atoms with E-state index in [4.69, 9.17) is 27.6 Å². The maximum Gasteiger partial charge on any atom is 0.145 e. The zero-order chi connectivity index (χ0) is 21.3. The zero-order valence-electron chi connectivity index (χ0n) is 16.5. The summed E-state index contributed by atoms with van der Waals surface area (Å²) in [6.07, 6.45) is 4.69. The Balaban J connectivity index is 1.63. The molecule has 0 amide bonds. The van der Waals surface area contributed by atoms with Crippen molar-refractivity contribution in [1.29, 1.82) is 0 Å². The van der Waals surface area contributed by atoms with Gasteiger partial charge in [-0.3, -0.25) is 4.90 Å². The molecule has 1 aliphatic heterocycles. The Labute approximate surface area is 181 Å². The summed E-state index contributed by atoms with van der Waals surface area (Å²) in [5.74, 6) is 2.06. The SMILES string of the molecule is C#CCOCC(O)CN(Cc1cccc(Cl)c1)CC1CC(c2ccccc2F)=NO1. The summed E-state index contributed by atoms with van der Waals surface area (Å²) in [7, 11) is 0. The Bertz CT molecular complexity index is 915. The largest absolute Gasteiger partial charge is 0.390 e. The monoisotopic (exact) mass is 430 g/mol. The quantitative estimate of drug-likeness (QED) is 0.463. The lowest BCUT2D eigenvalue weighted by Gasteiger charge is -2.27. The molecule has 0 saturated heterocycles. The van der Waals surface area contributed by atoms with Crippen LogP contribution in [0.15, 0.2) is 53.7 Å². The minimum atomic E-state index is -0.717. The molecule has 30 heavy (non-hydrogen) atoms. The van der Waals surface area contributed by atoms with Crippen LogP contribution in [0.25, 0.3) is 0 Å². The molecule has 5 nitrogen and oxygen atoms in total. The fraction of sp³-hybridized carbons (Fsp3) is 0.348. The number of benzene rings is 2. The van der Waals surface area contributed by atoms with Crippen LogP contribution in [0, 0.1) is 18.2 Å². The van der Waals surface area contributed by atoms with Gasteiger partial charge in [-0.05, 0) is 23.8 Å². The predicted molar refractivity (Wildman–Crippen MR) is 115 cm³/mol. The average molecular weight is 431 g/mol. The first-order valence-corrected chi connectivity index (χ1v) is 10.1. The summed E-state index contributed by atoms with van der Waals surface area (Å²) >= 11 is 6.11. The lowest BCUT2D eigenvalue weighted by Crippen LogP contribution is -2.39. The van der Waals surface area contributed by atoms with E-state index in [0.29, 0.717) is 42.4 Å². The molecular weight excluding hydrogens is 407 g/mol. The smallest absolute Gasteiger partial charge is 0.145 e. The number of hydrogen-bond acceptors (Lipinski definition) is 5. The molecule has 7 heteroatoms. The predicted octanol–water partition coefficient (Wildman–Crippen LogP) is 3.49. The van der Waals surface area contributed by atoms with Gasteiger partial charge in [0.25, 0.3) is 0 Å². The van der Waals surface area contributed by atoms with E-state index in [2.05, 4.69) is 11.1 Å². The minimum Gasteiger partial charge on any atom is -0.390 e. The van der Waals surface area contributed by atoms with Crippen molar-refractivity contribution >= 4 is 17.3 Å². The molecule has 2 aromatic rings. The number of rotatable bonds is 10. The second-order valence-corrected chi connectivity index (χ2v) is 7.58. The van der Waals surface area contributed by atoms with Gasteiger partial charge < -0.3 is 14.7 Å². The third kappa shape index (κ3) is 6.54. The van der Waals surface area contributed by atoms with Crippen LogP contribution in [0.2, 0.25) is 5.02 Å². The molecule has 2 aromatic carbocycles. The van der Waals surface area contributed by atoms with Gasteiger partial charge in [0.05, 0.1) is 18.4 Å². The Kier molecular flexibility index (Phi) is 8.23. The molecule has 2 unspecified atom stereocenters. The van der Waals surface area contributed by atoms with Crippen molar-refractivity contribution in [3.63, 3.8) is 0 Å². The van der Waals surface area contributed by atoms with Crippen molar-refractivity contribution in [2.75, 3.05) is 26.3 Å². The van der Waals surface area contributed by atoms with Gasteiger partial charge in [0.15, 0.2) is 0 Å². The Morgan fingerprint density at radius 3 is 2.93 bits per heavy atom. The van der Waals surface area contributed by atoms with E-state index in [-0.39, 0.29) is 25.1 Å². The van der Waals surface area contributed by atoms with Crippen LogP contribution in [0.4, 0.5) is 4.39 Å². The van der Waals surface area contributed by atoms with Gasteiger partial charge in [0.2, 0.25) is 0 Å². The molecule has 0 aromatic heterocycles. The van der Waals surface area contributed by atoms with Crippen molar-refractivity contribution < 1.29 is 19.1 Å². The molecular formula is C23H24ClFN2O3. The number of aliphatic hydroxyl groups excluding tert-OH is 1. The fourth-order valence-corrected chi connectivity index (χ4v) is 3.58. The third-order valence-corrected chi connectivity index (χ3v) is 4.87. The number of hydrogen-bond donors (Lipinski definition) is 1. The highest BCUT2D eigenvalue weighted by Gasteiger charge is 2.27. The molecule has 158 valence electrons. The summed E-state index contributed by atoms with van der Waals surface area (Å²) in [5, 5.41) is 15.1. The van der Waals surface area contributed by atoms with Gasteiger partial charge >= 0.3 is 0 Å². The number of nitrogens with zero attached hydrogens (tertiary/aromatic N) is 2. The molecule has 0 spiro atoms. The maximum atomic E-state index is 14.1. The minimum absolute atomic E-state index is 0.138.